The average Bonchev–Trinajstić information content (AvgIpc) is 2.38. The molecule has 0 unspecified atom stereocenters. The van der Waals surface area contributed by atoms with Crippen LogP contribution in [0.2, 0.25) is 0 Å². The van der Waals surface area contributed by atoms with Gasteiger partial charge in [0.15, 0.2) is 0 Å². The van der Waals surface area contributed by atoms with E-state index >= 15 is 0 Å². The summed E-state index contributed by atoms with van der Waals surface area (Å²) in [5, 5.41) is 0. The van der Waals surface area contributed by atoms with Gasteiger partial charge >= 0.3 is 141 Å². The van der Waals surface area contributed by atoms with E-state index < -0.39 is 10.4 Å². The Kier molecular flexibility index (Phi) is 5.08. The maximum absolute atomic E-state index is 10.9. The third kappa shape index (κ3) is 4.87. The monoisotopic (exact) mass is 313 g/mol. The first-order chi connectivity index (χ1) is 9.85. The molecule has 3 N–H and O–H groups in total. The fourth-order valence-electron chi connectivity index (χ4n) is 1.83. The van der Waals surface area contributed by atoms with E-state index in [1.807, 2.05) is 30.3 Å². The van der Waals surface area contributed by atoms with Crippen molar-refractivity contribution in [2.75, 3.05) is 5.73 Å². The van der Waals surface area contributed by atoms with Crippen molar-refractivity contribution in [2.45, 2.75) is 0 Å². The molecule has 0 fully saturated rings. The van der Waals surface area contributed by atoms with Crippen molar-refractivity contribution in [1.82, 2.24) is 0 Å². The molecule has 7 heteroatoms. The minimum atomic E-state index is -4.59. The van der Waals surface area contributed by atoms with E-state index in [9.17, 15) is 8.42 Å². The van der Waals surface area contributed by atoms with E-state index in [2.05, 4.69) is 4.18 Å². The fourth-order valence-corrected chi connectivity index (χ4v) is 2.72. The van der Waals surface area contributed by atoms with Crippen LogP contribution in [0.1, 0.15) is 11.1 Å². The van der Waals surface area contributed by atoms with Gasteiger partial charge in [-0.05, 0) is 0 Å². The molecule has 0 radical (unpaired) electrons. The molecule has 0 saturated heterocycles. The Balaban J connectivity index is 2.38. The molecule has 0 aliphatic carbocycles. The molecule has 104 valence electrons. The van der Waals surface area contributed by atoms with Gasteiger partial charge in [0.05, 0.1) is 0 Å². The third-order valence-electron chi connectivity index (χ3n) is 2.86. The first-order valence-electron chi connectivity index (χ1n) is 6.15. The number of benzene rings is 2. The van der Waals surface area contributed by atoms with E-state index in [0.717, 1.165) is 33.5 Å². The topological polar surface area (TPSA) is 89.6 Å². The van der Waals surface area contributed by atoms with Crippen LogP contribution in [0.3, 0.4) is 0 Å². The Labute approximate surface area is 140 Å². The number of nitrogens with two attached hydrogens (primary N) is 1. The first-order valence-corrected chi connectivity index (χ1v) is 8.52. The molecule has 0 spiro atoms. The van der Waals surface area contributed by atoms with Crippen LogP contribution < -0.4 is 12.7 Å². The maximum atomic E-state index is 10.9. The van der Waals surface area contributed by atoms with E-state index in [1.165, 1.54) is 8.88 Å². The molecular weight excluding hydrogens is 301 g/mol. The molecule has 0 bridgehead atoms. The zero-order valence-corrected chi connectivity index (χ0v) is 14.2. The summed E-state index contributed by atoms with van der Waals surface area (Å²) < 4.78 is 36.3. The van der Waals surface area contributed by atoms with Gasteiger partial charge in [-0.3, -0.25) is 0 Å². The van der Waals surface area contributed by atoms with Crippen molar-refractivity contribution in [2.24, 2.45) is 0 Å². The SMILES string of the molecule is Nc1ccc(C=Cc2cccc[c]2[Na])c(OS(=O)(=O)O)c1. The Morgan fingerprint density at radius 1 is 1.10 bits per heavy atom. The Morgan fingerprint density at radius 2 is 1.76 bits per heavy atom. The summed E-state index contributed by atoms with van der Waals surface area (Å²) in [7, 11) is -4.59. The zero-order chi connectivity index (χ0) is 15.5. The van der Waals surface area contributed by atoms with Crippen LogP contribution in [0.15, 0.2) is 42.5 Å². The molecule has 0 amide bonds. The Morgan fingerprint density at radius 3 is 2.43 bits per heavy atom. The van der Waals surface area contributed by atoms with Crippen LogP contribution in [0.25, 0.3) is 12.2 Å². The molecule has 0 aromatic heterocycles. The van der Waals surface area contributed by atoms with Gasteiger partial charge in [0, 0.05) is 0 Å². The summed E-state index contributed by atoms with van der Waals surface area (Å²) in [4.78, 5) is 0. The normalized spacial score (nSPS) is 11.8. The van der Waals surface area contributed by atoms with Crippen LogP contribution in [-0.4, -0.2) is 40.9 Å². The summed E-state index contributed by atoms with van der Waals surface area (Å²) in [6, 6.07) is 12.5. The van der Waals surface area contributed by atoms with Crippen molar-refractivity contribution in [1.29, 1.82) is 0 Å². The minimum absolute atomic E-state index is 0.0143. The fraction of sp³-hybridized carbons (Fsp3) is 0. The average molecular weight is 313 g/mol. The van der Waals surface area contributed by atoms with Crippen molar-refractivity contribution in [3.63, 3.8) is 0 Å². The molecule has 0 aliphatic heterocycles. The van der Waals surface area contributed by atoms with Crippen molar-refractivity contribution in [3.8, 4) is 5.75 Å². The van der Waals surface area contributed by atoms with Gasteiger partial charge in [-0.2, -0.15) is 0 Å². The number of rotatable bonds is 4. The van der Waals surface area contributed by atoms with Crippen molar-refractivity contribution in [3.05, 3.63) is 53.6 Å². The number of anilines is 1. The van der Waals surface area contributed by atoms with Crippen LogP contribution in [0.5, 0.6) is 5.75 Å². The van der Waals surface area contributed by atoms with E-state index in [4.69, 9.17) is 10.3 Å². The van der Waals surface area contributed by atoms with Crippen LogP contribution >= 0.6 is 0 Å². The van der Waals surface area contributed by atoms with Crippen LogP contribution in [0, 0.1) is 0 Å². The van der Waals surface area contributed by atoms with Gasteiger partial charge in [0.25, 0.3) is 0 Å². The summed E-state index contributed by atoms with van der Waals surface area (Å²) >= 11 is 0.904. The number of nitrogen functional groups attached to an aromatic ring is 1. The van der Waals surface area contributed by atoms with Crippen molar-refractivity contribution < 1.29 is 17.2 Å². The molecular formula is C14H12NNaO4S. The predicted molar refractivity (Wildman–Crippen MR) is 83.8 cm³/mol. The second-order valence-electron chi connectivity index (χ2n) is 4.50. The Bertz CT molecular complexity index is 787. The number of hydrogen-bond donors (Lipinski definition) is 2. The molecule has 0 atom stereocenters. The molecule has 2 rings (SSSR count). The molecule has 0 aliphatic rings. The molecule has 21 heavy (non-hydrogen) atoms. The van der Waals surface area contributed by atoms with Gasteiger partial charge in [-0.25, -0.2) is 0 Å². The third-order valence-corrected chi connectivity index (χ3v) is 4.16. The van der Waals surface area contributed by atoms with Gasteiger partial charge in [-0.15, -0.1) is 0 Å². The van der Waals surface area contributed by atoms with E-state index in [0.29, 0.717) is 11.3 Å². The van der Waals surface area contributed by atoms with Gasteiger partial charge in [0.2, 0.25) is 0 Å². The predicted octanol–water partition coefficient (Wildman–Crippen LogP) is 1.41. The van der Waals surface area contributed by atoms with E-state index in [-0.39, 0.29) is 5.75 Å². The summed E-state index contributed by atoms with van der Waals surface area (Å²) in [6.45, 7) is 0. The van der Waals surface area contributed by atoms with Crippen LogP contribution in [-0.2, 0) is 10.4 Å². The van der Waals surface area contributed by atoms with Gasteiger partial charge < -0.3 is 0 Å². The molecule has 0 heterocycles. The standard InChI is InChI=1S/C14H12NO4S.Na/c15-13-9-8-12(14(10-13)19-20(16,17)18)7-6-11-4-2-1-3-5-11;/h1-4,6-10H,15H2,(H,16,17,18);. The first kappa shape index (κ1) is 16.1. The van der Waals surface area contributed by atoms with Gasteiger partial charge in [-0.1, -0.05) is 0 Å². The summed E-state index contributed by atoms with van der Waals surface area (Å²) in [5.41, 5.74) is 7.51. The molecule has 2 aromatic carbocycles. The quantitative estimate of drug-likeness (QED) is 0.385. The van der Waals surface area contributed by atoms with Crippen LogP contribution in [0.4, 0.5) is 5.69 Å². The summed E-state index contributed by atoms with van der Waals surface area (Å²) in [5.74, 6) is -0.0143. The molecule has 2 aromatic rings. The van der Waals surface area contributed by atoms with Crippen molar-refractivity contribution >= 4 is 59.0 Å². The Hall–Kier alpha value is -1.31. The van der Waals surface area contributed by atoms with Gasteiger partial charge in [0.1, 0.15) is 0 Å². The molecule has 5 nitrogen and oxygen atoms in total. The second kappa shape index (κ2) is 6.64. The summed E-state index contributed by atoms with van der Waals surface area (Å²) in [6.07, 6.45) is 3.58. The zero-order valence-electron chi connectivity index (χ0n) is 11.4. The van der Waals surface area contributed by atoms with E-state index in [1.54, 1.807) is 18.2 Å². The molecule has 0 saturated carbocycles. The number of hydrogen-bond acceptors (Lipinski definition) is 4. The second-order valence-corrected chi connectivity index (χ2v) is 6.60.